The average molecular weight is 679 g/mol. The maximum Gasteiger partial charge on any atom is 0.481 e. The number of amides is 1. The summed E-state index contributed by atoms with van der Waals surface area (Å²) in [6, 6.07) is 2.77. The van der Waals surface area contributed by atoms with E-state index in [0.29, 0.717) is 0 Å². The summed E-state index contributed by atoms with van der Waals surface area (Å²) in [5.41, 5.74) is 9.85. The zero-order valence-electron chi connectivity index (χ0n) is 22.6. The van der Waals surface area contributed by atoms with E-state index >= 15 is 0 Å². The normalized spacial score (nSPS) is 31.2. The lowest BCUT2D eigenvalue weighted by atomic mass is 10.1. The van der Waals surface area contributed by atoms with E-state index in [-0.39, 0.29) is 22.7 Å². The van der Waals surface area contributed by atoms with Crippen molar-refractivity contribution in [2.24, 2.45) is 5.73 Å². The number of aliphatic hydroxyl groups excluding tert-OH is 3. The number of phosphoric ester groups is 2. The summed E-state index contributed by atoms with van der Waals surface area (Å²) in [5, 5.41) is 43.7. The van der Waals surface area contributed by atoms with Crippen molar-refractivity contribution in [3.05, 3.63) is 46.8 Å². The molecule has 2 saturated heterocycles. The van der Waals surface area contributed by atoms with Gasteiger partial charge in [-0.3, -0.25) is 28.2 Å². The lowest BCUT2D eigenvalue weighted by molar-refractivity contribution is -0.782. The average Bonchev–Trinajstić information content (AvgIpc) is 3.60. The molecule has 0 aromatic carbocycles. The van der Waals surface area contributed by atoms with Gasteiger partial charge in [0.2, 0.25) is 5.95 Å². The molecule has 5 rings (SSSR count). The molecule has 0 aliphatic carbocycles. The van der Waals surface area contributed by atoms with E-state index in [9.17, 15) is 48.9 Å². The maximum atomic E-state index is 12.6. The number of carbonyl (C=O) groups is 1. The number of imidazole rings is 1. The van der Waals surface area contributed by atoms with E-state index in [0.717, 1.165) is 15.5 Å². The number of primary amides is 1. The molecule has 2 aliphatic heterocycles. The summed E-state index contributed by atoms with van der Waals surface area (Å²) < 4.78 is 51.5. The number of aliphatic hydroxyl groups is 3. The number of nitrogens with zero attached hydrogens (tertiary/aromatic N) is 4. The molecule has 45 heavy (non-hydrogen) atoms. The van der Waals surface area contributed by atoms with Crippen LogP contribution in [0, 0.1) is 0 Å². The van der Waals surface area contributed by atoms with E-state index in [1.165, 1.54) is 24.5 Å². The fourth-order valence-corrected chi connectivity index (χ4v) is 6.72. The molecule has 10 N–H and O–H groups in total. The van der Waals surface area contributed by atoms with E-state index in [1.807, 2.05) is 0 Å². The first-order chi connectivity index (χ1) is 21.1. The maximum absolute atomic E-state index is 12.6. The Morgan fingerprint density at radius 1 is 1.11 bits per heavy atom. The van der Waals surface area contributed by atoms with Gasteiger partial charge in [0.1, 0.15) is 30.0 Å². The molecule has 3 aromatic heterocycles. The molecule has 3 aromatic rings. The number of ether oxygens (including phenoxy) is 2. The number of nitrogens with two attached hydrogens (primary N) is 2. The number of hydrogen-bond donors (Lipinski definition) is 8. The Kier molecular flexibility index (Phi) is 9.23. The van der Waals surface area contributed by atoms with Crippen molar-refractivity contribution < 1.29 is 71.5 Å². The summed E-state index contributed by atoms with van der Waals surface area (Å²) in [6.07, 6.45) is -9.24. The third-order valence-corrected chi connectivity index (χ3v) is 9.39. The minimum Gasteiger partial charge on any atom is -0.843 e. The number of aromatic nitrogens is 5. The quantitative estimate of drug-likeness (QED) is 0.0701. The Balaban J connectivity index is 1.17. The van der Waals surface area contributed by atoms with Crippen LogP contribution >= 0.6 is 15.6 Å². The second-order valence-corrected chi connectivity index (χ2v) is 12.9. The largest absolute Gasteiger partial charge is 0.843 e. The second kappa shape index (κ2) is 12.5. The van der Waals surface area contributed by atoms with Gasteiger partial charge in [-0.2, -0.15) is 13.9 Å². The molecule has 1 amide bonds. The minimum absolute atomic E-state index is 0.0315. The van der Waals surface area contributed by atoms with Crippen molar-refractivity contribution in [1.29, 1.82) is 0 Å². The molecule has 2 fully saturated rings. The number of nitrogens with one attached hydrogen (secondary N) is 1. The molecule has 0 radical (unpaired) electrons. The Labute approximate surface area is 250 Å². The topological polar surface area (TPSA) is 341 Å². The van der Waals surface area contributed by atoms with Crippen molar-refractivity contribution in [1.82, 2.24) is 19.5 Å². The smallest absolute Gasteiger partial charge is 0.481 e. The molecule has 5 heterocycles. The molecule has 246 valence electrons. The van der Waals surface area contributed by atoms with Gasteiger partial charge in [0.05, 0.1) is 25.6 Å². The fraction of sp³-hybridized carbons (Fsp3) is 0.476. The SMILES string of the molecule is NC(=O)c1ccc[n+]([C@@H]2O[C@H](COP(=O)(O)OP(=O)(O)OC[C@H]3O[C@@H](n4cnc5c(=O)[nH]c(N)nc54)[C@H](O)[C@@H]3O)[C@@H](O)[C@H]2[O-])c1. The highest BCUT2D eigenvalue weighted by Crippen LogP contribution is 2.60. The number of hydrogen-bond acceptors (Lipinski definition) is 16. The molecule has 10 atom stereocenters. The van der Waals surface area contributed by atoms with Crippen LogP contribution in [0.25, 0.3) is 11.2 Å². The first kappa shape index (κ1) is 33.2. The van der Waals surface area contributed by atoms with Crippen molar-refractivity contribution in [2.45, 2.75) is 49.1 Å². The molecule has 2 aliphatic rings. The van der Waals surface area contributed by atoms with Crippen LogP contribution in [-0.2, 0) is 32.0 Å². The van der Waals surface area contributed by atoms with E-state index < -0.39 is 89.4 Å². The Morgan fingerprint density at radius 2 is 1.76 bits per heavy atom. The number of nitrogen functional groups attached to an aromatic ring is 1. The molecule has 0 spiro atoms. The van der Waals surface area contributed by atoms with Crippen LogP contribution in [0.3, 0.4) is 0 Å². The van der Waals surface area contributed by atoms with Crippen LogP contribution in [0.4, 0.5) is 5.95 Å². The molecule has 0 bridgehead atoms. The van der Waals surface area contributed by atoms with Gasteiger partial charge in [-0.1, -0.05) is 0 Å². The van der Waals surface area contributed by atoms with Crippen molar-refractivity contribution in [3.8, 4) is 0 Å². The van der Waals surface area contributed by atoms with Crippen LogP contribution in [0.2, 0.25) is 0 Å². The van der Waals surface area contributed by atoms with E-state index in [1.54, 1.807) is 0 Å². The standard InChI is InChI=1S/C21H27N7O15P2/c22-16(33)8-2-1-3-27(4-8)19-14(31)12(29)9(41-19)5-39-44(35,36)43-45(37,38)40-6-10-13(30)15(32)20(42-10)28-7-24-11-17(28)25-21(23)26-18(11)34/h1-4,7,9-10,12-15,19-20,29-30,32H,5-6H2,(H2,22,33)(H,35,36)(H,37,38)(H3,23,25,26,34)/t9-,10-,12-,13-,14-,15-,19-,20-/m1/s1. The molecular formula is C21H27N7O15P2. The monoisotopic (exact) mass is 679 g/mol. The lowest BCUT2D eigenvalue weighted by Crippen LogP contribution is -2.52. The molecular weight excluding hydrogens is 652 g/mol. The summed E-state index contributed by atoms with van der Waals surface area (Å²) >= 11 is 0. The van der Waals surface area contributed by atoms with Crippen LogP contribution in [0.1, 0.15) is 22.8 Å². The van der Waals surface area contributed by atoms with Crippen LogP contribution in [0.5, 0.6) is 0 Å². The number of rotatable bonds is 11. The molecule has 0 saturated carbocycles. The van der Waals surface area contributed by atoms with E-state index in [2.05, 4.69) is 28.3 Å². The summed E-state index contributed by atoms with van der Waals surface area (Å²) in [4.78, 5) is 53.5. The predicted molar refractivity (Wildman–Crippen MR) is 140 cm³/mol. The van der Waals surface area contributed by atoms with Gasteiger partial charge in [0.15, 0.2) is 29.8 Å². The number of H-pyrrole nitrogens is 1. The van der Waals surface area contributed by atoms with Crippen molar-refractivity contribution in [2.75, 3.05) is 18.9 Å². The third-order valence-electron chi connectivity index (χ3n) is 6.79. The summed E-state index contributed by atoms with van der Waals surface area (Å²) in [6.45, 7) is -1.92. The first-order valence-corrected chi connectivity index (χ1v) is 15.8. The van der Waals surface area contributed by atoms with Gasteiger partial charge in [-0.05, 0) is 12.2 Å². The van der Waals surface area contributed by atoms with Gasteiger partial charge in [0.25, 0.3) is 17.7 Å². The fourth-order valence-electron chi connectivity index (χ4n) is 4.63. The van der Waals surface area contributed by atoms with Crippen LogP contribution < -0.4 is 26.7 Å². The van der Waals surface area contributed by atoms with Crippen LogP contribution in [0.15, 0.2) is 35.6 Å². The van der Waals surface area contributed by atoms with Crippen LogP contribution in [-0.4, -0.2) is 100 Å². The second-order valence-electron chi connectivity index (χ2n) is 9.86. The molecule has 2 unspecified atom stereocenters. The minimum atomic E-state index is -5.43. The highest BCUT2D eigenvalue weighted by molar-refractivity contribution is 7.61. The number of fused-ring (bicyclic) bond motifs is 1. The highest BCUT2D eigenvalue weighted by atomic mass is 31.3. The zero-order chi connectivity index (χ0) is 32.8. The van der Waals surface area contributed by atoms with Crippen molar-refractivity contribution >= 4 is 38.7 Å². The van der Waals surface area contributed by atoms with Crippen molar-refractivity contribution in [3.63, 3.8) is 0 Å². The summed E-state index contributed by atoms with van der Waals surface area (Å²) in [5.74, 6) is -1.07. The summed E-state index contributed by atoms with van der Waals surface area (Å²) in [7, 11) is -10.8. The van der Waals surface area contributed by atoms with Gasteiger partial charge < -0.3 is 51.2 Å². The number of carbonyl (C=O) groups excluding carboxylic acids is 1. The number of aromatic amines is 1. The number of phosphoric acid groups is 2. The van der Waals surface area contributed by atoms with Gasteiger partial charge >= 0.3 is 15.6 Å². The third kappa shape index (κ3) is 6.98. The Morgan fingerprint density at radius 3 is 2.40 bits per heavy atom. The Hall–Kier alpha value is -3.21. The van der Waals surface area contributed by atoms with Gasteiger partial charge in [-0.15, -0.1) is 0 Å². The predicted octanol–water partition coefficient (Wildman–Crippen LogP) is -4.35. The highest BCUT2D eigenvalue weighted by Gasteiger charge is 2.47. The molecule has 24 heteroatoms. The number of anilines is 1. The number of pyridine rings is 1. The lowest BCUT2D eigenvalue weighted by Gasteiger charge is -2.22. The zero-order valence-corrected chi connectivity index (χ0v) is 24.4. The first-order valence-electron chi connectivity index (χ1n) is 12.8. The Bertz CT molecular complexity index is 1740. The van der Waals surface area contributed by atoms with Gasteiger partial charge in [-0.25, -0.2) is 14.1 Å². The van der Waals surface area contributed by atoms with Gasteiger partial charge in [0, 0.05) is 6.07 Å². The molecule has 22 nitrogen and oxygen atoms in total. The van der Waals surface area contributed by atoms with E-state index in [4.69, 9.17) is 20.9 Å².